The number of rotatable bonds is 7. The first-order valence-electron chi connectivity index (χ1n) is 9.33. The number of benzene rings is 1. The molecule has 142 valence electrons. The van der Waals surface area contributed by atoms with Gasteiger partial charge in [0.1, 0.15) is 6.04 Å². The fourth-order valence-electron chi connectivity index (χ4n) is 3.38. The van der Waals surface area contributed by atoms with Gasteiger partial charge in [0.15, 0.2) is 0 Å². The number of nitrogens with one attached hydrogen (secondary N) is 1. The molecule has 6 nitrogen and oxygen atoms in total. The molecule has 0 spiro atoms. The van der Waals surface area contributed by atoms with E-state index in [1.165, 1.54) is 0 Å². The fourth-order valence-corrected chi connectivity index (χ4v) is 4.93. The van der Waals surface area contributed by atoms with Gasteiger partial charge in [-0.1, -0.05) is 13.3 Å². The quantitative estimate of drug-likeness (QED) is 0.754. The third-order valence-corrected chi connectivity index (χ3v) is 6.92. The second-order valence-corrected chi connectivity index (χ2v) is 8.81. The smallest absolute Gasteiger partial charge is 0.243 e. The molecule has 1 aromatic heterocycles. The van der Waals surface area contributed by atoms with E-state index < -0.39 is 10.0 Å². The van der Waals surface area contributed by atoms with Gasteiger partial charge in [-0.05, 0) is 50.5 Å². The number of carbonyl (C=O) groups excluding carboxylic acids is 1. The highest BCUT2D eigenvalue weighted by molar-refractivity contribution is 7.89. The number of carbonyl (C=O) groups is 1. The molecule has 0 unspecified atom stereocenters. The van der Waals surface area contributed by atoms with Crippen LogP contribution in [0.3, 0.4) is 0 Å². The Morgan fingerprint density at radius 2 is 1.96 bits per heavy atom. The van der Waals surface area contributed by atoms with E-state index in [1.807, 2.05) is 23.8 Å². The van der Waals surface area contributed by atoms with Crippen LogP contribution >= 0.6 is 0 Å². The van der Waals surface area contributed by atoms with Crippen molar-refractivity contribution in [3.8, 4) is 0 Å². The van der Waals surface area contributed by atoms with Crippen LogP contribution in [0.5, 0.6) is 0 Å². The molecule has 1 N–H and O–H groups in total. The van der Waals surface area contributed by atoms with Gasteiger partial charge in [0.05, 0.1) is 4.90 Å². The molecule has 3 rings (SSSR count). The van der Waals surface area contributed by atoms with Crippen LogP contribution < -0.4 is 5.32 Å². The highest BCUT2D eigenvalue weighted by Gasteiger charge is 2.27. The van der Waals surface area contributed by atoms with Crippen molar-refractivity contribution in [3.63, 3.8) is 0 Å². The van der Waals surface area contributed by atoms with Gasteiger partial charge < -0.3 is 9.88 Å². The maximum Gasteiger partial charge on any atom is 0.243 e. The Bertz CT molecular complexity index is 883. The Labute approximate surface area is 155 Å². The van der Waals surface area contributed by atoms with Crippen molar-refractivity contribution in [3.05, 3.63) is 30.5 Å². The van der Waals surface area contributed by atoms with E-state index in [2.05, 4.69) is 12.2 Å². The topological polar surface area (TPSA) is 71.4 Å². The van der Waals surface area contributed by atoms with Gasteiger partial charge in [0.2, 0.25) is 15.9 Å². The lowest BCUT2D eigenvalue weighted by molar-refractivity contribution is -0.123. The number of sulfonamides is 1. The molecule has 0 aliphatic carbocycles. The predicted octanol–water partition coefficient (Wildman–Crippen LogP) is 2.90. The van der Waals surface area contributed by atoms with Gasteiger partial charge >= 0.3 is 0 Å². The van der Waals surface area contributed by atoms with Crippen molar-refractivity contribution in [1.29, 1.82) is 0 Å². The normalized spacial score (nSPS) is 16.8. The molecule has 0 saturated carbocycles. The van der Waals surface area contributed by atoms with Crippen molar-refractivity contribution >= 4 is 26.8 Å². The van der Waals surface area contributed by atoms with Crippen LogP contribution in [-0.4, -0.2) is 42.8 Å². The van der Waals surface area contributed by atoms with E-state index in [9.17, 15) is 13.2 Å². The van der Waals surface area contributed by atoms with Crippen LogP contribution in [0.2, 0.25) is 0 Å². The van der Waals surface area contributed by atoms with Crippen LogP contribution in [0, 0.1) is 0 Å². The summed E-state index contributed by atoms with van der Waals surface area (Å²) in [6, 6.07) is 6.68. The lowest BCUT2D eigenvalue weighted by atomic mass is 10.2. The molecule has 1 aromatic carbocycles. The van der Waals surface area contributed by atoms with Crippen molar-refractivity contribution in [2.75, 3.05) is 19.6 Å². The summed E-state index contributed by atoms with van der Waals surface area (Å²) in [5.74, 6) is -0.0234. The monoisotopic (exact) mass is 377 g/mol. The lowest BCUT2D eigenvalue weighted by Crippen LogP contribution is -2.31. The Balaban J connectivity index is 1.84. The molecular weight excluding hydrogens is 350 g/mol. The van der Waals surface area contributed by atoms with Gasteiger partial charge in [-0.15, -0.1) is 0 Å². The molecule has 0 bridgehead atoms. The van der Waals surface area contributed by atoms with Gasteiger partial charge in [-0.2, -0.15) is 4.31 Å². The van der Waals surface area contributed by atoms with Crippen LogP contribution in [0.25, 0.3) is 10.9 Å². The molecule has 1 atom stereocenters. The summed E-state index contributed by atoms with van der Waals surface area (Å²) in [5, 5.41) is 3.78. The fraction of sp³-hybridized carbons (Fsp3) is 0.526. The van der Waals surface area contributed by atoms with E-state index in [4.69, 9.17) is 0 Å². The molecule has 2 heterocycles. The molecule has 2 aromatic rings. The third-order valence-electron chi connectivity index (χ3n) is 5.02. The first kappa shape index (κ1) is 18.9. The van der Waals surface area contributed by atoms with Crippen LogP contribution in [0.4, 0.5) is 0 Å². The number of amides is 1. The maximum atomic E-state index is 12.7. The van der Waals surface area contributed by atoms with E-state index in [0.717, 1.165) is 36.6 Å². The summed E-state index contributed by atoms with van der Waals surface area (Å²) in [6.45, 7) is 5.81. The molecule has 1 aliphatic heterocycles. The number of aromatic nitrogens is 1. The van der Waals surface area contributed by atoms with Gasteiger partial charge in [0.25, 0.3) is 0 Å². The standard InChI is InChI=1S/C19H27N3O3S/c1-3-4-10-20-19(23)15(2)22-13-9-16-14-17(7-8-18(16)22)26(24,25)21-11-5-6-12-21/h7-9,13-15H,3-6,10-12H2,1-2H3,(H,20,23)/t15-/m1/s1. The molecule has 1 amide bonds. The largest absolute Gasteiger partial charge is 0.354 e. The van der Waals surface area contributed by atoms with Gasteiger partial charge in [-0.3, -0.25) is 4.79 Å². The van der Waals surface area contributed by atoms with E-state index >= 15 is 0 Å². The average molecular weight is 378 g/mol. The van der Waals surface area contributed by atoms with Crippen molar-refractivity contribution < 1.29 is 13.2 Å². The minimum absolute atomic E-state index is 0.0234. The van der Waals surface area contributed by atoms with E-state index in [-0.39, 0.29) is 11.9 Å². The molecule has 1 saturated heterocycles. The van der Waals surface area contributed by atoms with Crippen LogP contribution in [0.1, 0.15) is 45.6 Å². The molecular formula is C19H27N3O3S. The molecule has 7 heteroatoms. The number of nitrogens with zero attached hydrogens (tertiary/aromatic N) is 2. The van der Waals surface area contributed by atoms with E-state index in [1.54, 1.807) is 22.5 Å². The van der Waals surface area contributed by atoms with Crippen molar-refractivity contribution in [2.45, 2.75) is 50.5 Å². The van der Waals surface area contributed by atoms with Gasteiger partial charge in [0, 0.05) is 36.7 Å². The number of hydrogen-bond acceptors (Lipinski definition) is 3. The zero-order chi connectivity index (χ0) is 18.7. The molecule has 1 aliphatic rings. The summed E-state index contributed by atoms with van der Waals surface area (Å²) in [5.41, 5.74) is 0.864. The van der Waals surface area contributed by atoms with E-state index in [0.29, 0.717) is 24.5 Å². The highest BCUT2D eigenvalue weighted by atomic mass is 32.2. The van der Waals surface area contributed by atoms with Crippen LogP contribution in [0.15, 0.2) is 35.4 Å². The minimum Gasteiger partial charge on any atom is -0.354 e. The average Bonchev–Trinajstić information content (AvgIpc) is 3.30. The summed E-state index contributed by atoms with van der Waals surface area (Å²) < 4.78 is 28.9. The van der Waals surface area contributed by atoms with Crippen molar-refractivity contribution in [2.24, 2.45) is 0 Å². The summed E-state index contributed by atoms with van der Waals surface area (Å²) in [7, 11) is -3.43. The Morgan fingerprint density at radius 1 is 1.23 bits per heavy atom. The molecule has 26 heavy (non-hydrogen) atoms. The molecule has 1 fully saturated rings. The summed E-state index contributed by atoms with van der Waals surface area (Å²) >= 11 is 0. The highest BCUT2D eigenvalue weighted by Crippen LogP contribution is 2.26. The predicted molar refractivity (Wildman–Crippen MR) is 103 cm³/mol. The SMILES string of the molecule is CCCCNC(=O)[C@@H](C)n1ccc2cc(S(=O)(=O)N3CCCC3)ccc21. The minimum atomic E-state index is -3.43. The number of unbranched alkanes of at least 4 members (excludes halogenated alkanes) is 1. The Hall–Kier alpha value is -1.86. The first-order chi connectivity index (χ1) is 12.4. The lowest BCUT2D eigenvalue weighted by Gasteiger charge is -2.17. The first-order valence-corrected chi connectivity index (χ1v) is 10.8. The third kappa shape index (κ3) is 3.64. The second-order valence-electron chi connectivity index (χ2n) is 6.88. The maximum absolute atomic E-state index is 12.7. The van der Waals surface area contributed by atoms with Gasteiger partial charge in [-0.25, -0.2) is 8.42 Å². The zero-order valence-corrected chi connectivity index (χ0v) is 16.3. The summed E-state index contributed by atoms with van der Waals surface area (Å²) in [4.78, 5) is 12.6. The Morgan fingerprint density at radius 3 is 2.65 bits per heavy atom. The zero-order valence-electron chi connectivity index (χ0n) is 15.4. The van der Waals surface area contributed by atoms with Crippen molar-refractivity contribution in [1.82, 2.24) is 14.2 Å². The number of fused-ring (bicyclic) bond motifs is 1. The van der Waals surface area contributed by atoms with Crippen LogP contribution in [-0.2, 0) is 14.8 Å². The summed E-state index contributed by atoms with van der Waals surface area (Å²) in [6.07, 6.45) is 5.68. The Kier molecular flexibility index (Phi) is 5.67. The molecule has 0 radical (unpaired) electrons. The second kappa shape index (κ2) is 7.80. The number of hydrogen-bond donors (Lipinski definition) is 1.